The molecule has 6 nitrogen and oxygen atoms in total. The van der Waals surface area contributed by atoms with Crippen molar-refractivity contribution in [2.24, 2.45) is 0 Å². The molecule has 1 rings (SSSR count). The summed E-state index contributed by atoms with van der Waals surface area (Å²) < 4.78 is 31.3. The molecule has 0 fully saturated rings. The van der Waals surface area contributed by atoms with Crippen LogP contribution in [0.25, 0.3) is 0 Å². The number of ether oxygens (including phenoxy) is 1. The van der Waals surface area contributed by atoms with E-state index in [0.717, 1.165) is 4.31 Å². The first-order chi connectivity index (χ1) is 9.82. The van der Waals surface area contributed by atoms with Gasteiger partial charge in [-0.3, -0.25) is 0 Å². The molecule has 0 aliphatic rings. The summed E-state index contributed by atoms with van der Waals surface area (Å²) in [5, 5.41) is 6.33. The van der Waals surface area contributed by atoms with E-state index in [2.05, 4.69) is 10.6 Å². The van der Waals surface area contributed by atoms with E-state index in [1.807, 2.05) is 6.92 Å². The number of anilines is 1. The molecule has 0 heterocycles. The SMILES string of the molecule is CCNC(=S)Nc1ccc(OCC)c(S(=O)(=O)N(C)C)c1. The van der Waals surface area contributed by atoms with Gasteiger partial charge in [0.25, 0.3) is 0 Å². The Balaban J connectivity index is 3.21. The van der Waals surface area contributed by atoms with Crippen molar-refractivity contribution in [3.63, 3.8) is 0 Å². The van der Waals surface area contributed by atoms with Gasteiger partial charge in [0.05, 0.1) is 6.61 Å². The molecule has 0 radical (unpaired) electrons. The summed E-state index contributed by atoms with van der Waals surface area (Å²) in [4.78, 5) is 0.110. The highest BCUT2D eigenvalue weighted by atomic mass is 32.2. The summed E-state index contributed by atoms with van der Waals surface area (Å²) in [6, 6.07) is 4.87. The van der Waals surface area contributed by atoms with E-state index >= 15 is 0 Å². The number of sulfonamides is 1. The second-order valence-corrected chi connectivity index (χ2v) is 6.89. The fourth-order valence-corrected chi connectivity index (χ4v) is 2.91. The number of thiocarbonyl (C=S) groups is 1. The first-order valence-electron chi connectivity index (χ1n) is 6.57. The van der Waals surface area contributed by atoms with Crippen molar-refractivity contribution in [3.8, 4) is 5.75 Å². The number of rotatable bonds is 6. The van der Waals surface area contributed by atoms with Crippen molar-refractivity contribution in [1.29, 1.82) is 0 Å². The van der Waals surface area contributed by atoms with Crippen LogP contribution in [0.4, 0.5) is 5.69 Å². The third kappa shape index (κ3) is 4.55. The van der Waals surface area contributed by atoms with Crippen molar-refractivity contribution in [2.45, 2.75) is 18.7 Å². The van der Waals surface area contributed by atoms with Crippen LogP contribution >= 0.6 is 12.2 Å². The standard InChI is InChI=1S/C13H21N3O3S2/c1-5-14-13(20)15-10-7-8-11(19-6-2)12(9-10)21(17,18)16(3)4/h7-9H,5-6H2,1-4H3,(H2,14,15,20). The fourth-order valence-electron chi connectivity index (χ4n) is 1.59. The molecule has 0 saturated carbocycles. The monoisotopic (exact) mass is 331 g/mol. The summed E-state index contributed by atoms with van der Waals surface area (Å²) in [7, 11) is -0.634. The highest BCUT2D eigenvalue weighted by Gasteiger charge is 2.23. The fraction of sp³-hybridized carbons (Fsp3) is 0.462. The van der Waals surface area contributed by atoms with Crippen LogP contribution in [-0.2, 0) is 10.0 Å². The third-order valence-corrected chi connectivity index (χ3v) is 4.68. The maximum Gasteiger partial charge on any atom is 0.246 e. The van der Waals surface area contributed by atoms with E-state index in [-0.39, 0.29) is 4.90 Å². The van der Waals surface area contributed by atoms with Gasteiger partial charge in [0.2, 0.25) is 10.0 Å². The molecule has 0 aliphatic carbocycles. The molecular formula is C13H21N3O3S2. The van der Waals surface area contributed by atoms with Crippen LogP contribution in [0.3, 0.4) is 0 Å². The maximum absolute atomic E-state index is 12.4. The Bertz CT molecular complexity index is 601. The van der Waals surface area contributed by atoms with Crippen LogP contribution < -0.4 is 15.4 Å². The Kier molecular flexibility index (Phi) is 6.38. The molecule has 0 saturated heterocycles. The van der Waals surface area contributed by atoms with E-state index in [4.69, 9.17) is 17.0 Å². The molecule has 1 aromatic rings. The molecule has 0 aliphatic heterocycles. The minimum atomic E-state index is -3.60. The zero-order chi connectivity index (χ0) is 16.0. The predicted octanol–water partition coefficient (Wildman–Crippen LogP) is 1.64. The van der Waals surface area contributed by atoms with Gasteiger partial charge >= 0.3 is 0 Å². The lowest BCUT2D eigenvalue weighted by molar-refractivity contribution is 0.330. The first-order valence-corrected chi connectivity index (χ1v) is 8.42. The summed E-state index contributed by atoms with van der Waals surface area (Å²) in [5.41, 5.74) is 0.588. The minimum Gasteiger partial charge on any atom is -0.492 e. The lowest BCUT2D eigenvalue weighted by Crippen LogP contribution is -2.28. The van der Waals surface area contributed by atoms with Gasteiger partial charge in [-0.05, 0) is 44.3 Å². The van der Waals surface area contributed by atoms with Crippen molar-refractivity contribution >= 4 is 33.0 Å². The lowest BCUT2D eigenvalue weighted by atomic mass is 10.3. The van der Waals surface area contributed by atoms with E-state index in [9.17, 15) is 8.42 Å². The van der Waals surface area contributed by atoms with E-state index in [1.54, 1.807) is 19.1 Å². The molecule has 0 bridgehead atoms. The van der Waals surface area contributed by atoms with Crippen LogP contribution in [-0.4, -0.2) is 45.1 Å². The number of hydrogen-bond donors (Lipinski definition) is 2. The lowest BCUT2D eigenvalue weighted by Gasteiger charge is -2.17. The zero-order valence-corrected chi connectivity index (χ0v) is 14.3. The Morgan fingerprint density at radius 2 is 2.00 bits per heavy atom. The number of nitrogens with one attached hydrogen (secondary N) is 2. The molecule has 118 valence electrons. The Morgan fingerprint density at radius 1 is 1.33 bits per heavy atom. The normalized spacial score (nSPS) is 11.3. The summed E-state index contributed by atoms with van der Waals surface area (Å²) in [6.07, 6.45) is 0. The van der Waals surface area contributed by atoms with Crippen LogP contribution in [0, 0.1) is 0 Å². The largest absolute Gasteiger partial charge is 0.492 e. The average Bonchev–Trinajstić information content (AvgIpc) is 2.40. The van der Waals surface area contributed by atoms with Crippen LogP contribution in [0.15, 0.2) is 23.1 Å². The van der Waals surface area contributed by atoms with Gasteiger partial charge in [0.1, 0.15) is 10.6 Å². The minimum absolute atomic E-state index is 0.110. The molecule has 8 heteroatoms. The molecule has 2 N–H and O–H groups in total. The quantitative estimate of drug-likeness (QED) is 0.772. The molecule has 0 amide bonds. The van der Waals surface area contributed by atoms with Gasteiger partial charge in [-0.25, -0.2) is 12.7 Å². The smallest absolute Gasteiger partial charge is 0.246 e. The number of nitrogens with zero attached hydrogens (tertiary/aromatic N) is 1. The molecular weight excluding hydrogens is 310 g/mol. The Labute approximate surface area is 131 Å². The Morgan fingerprint density at radius 3 is 2.52 bits per heavy atom. The molecule has 1 aromatic carbocycles. The Hall–Kier alpha value is -1.38. The summed E-state index contributed by atoms with van der Waals surface area (Å²) in [6.45, 7) is 4.80. The van der Waals surface area contributed by atoms with Crippen LogP contribution in [0.5, 0.6) is 5.75 Å². The molecule has 0 unspecified atom stereocenters. The van der Waals surface area contributed by atoms with Crippen LogP contribution in [0.2, 0.25) is 0 Å². The summed E-state index contributed by atoms with van der Waals surface area (Å²) >= 11 is 5.09. The molecule has 21 heavy (non-hydrogen) atoms. The summed E-state index contributed by atoms with van der Waals surface area (Å²) in [5.74, 6) is 0.325. The molecule has 0 spiro atoms. The van der Waals surface area contributed by atoms with Crippen molar-refractivity contribution in [3.05, 3.63) is 18.2 Å². The van der Waals surface area contributed by atoms with E-state index < -0.39 is 10.0 Å². The number of hydrogen-bond acceptors (Lipinski definition) is 4. The van der Waals surface area contributed by atoms with Gasteiger partial charge in [-0.1, -0.05) is 0 Å². The molecule has 0 aromatic heterocycles. The van der Waals surface area contributed by atoms with Crippen molar-refractivity contribution < 1.29 is 13.2 Å². The van der Waals surface area contributed by atoms with Gasteiger partial charge in [0.15, 0.2) is 5.11 Å². The second-order valence-electron chi connectivity index (χ2n) is 4.37. The van der Waals surface area contributed by atoms with Gasteiger partial charge in [0, 0.05) is 26.3 Å². The number of benzene rings is 1. The highest BCUT2D eigenvalue weighted by Crippen LogP contribution is 2.29. The van der Waals surface area contributed by atoms with Crippen molar-refractivity contribution in [2.75, 3.05) is 32.6 Å². The van der Waals surface area contributed by atoms with E-state index in [1.165, 1.54) is 20.2 Å². The third-order valence-electron chi connectivity index (χ3n) is 2.60. The second kappa shape index (κ2) is 7.58. The van der Waals surface area contributed by atoms with Gasteiger partial charge < -0.3 is 15.4 Å². The zero-order valence-electron chi connectivity index (χ0n) is 12.6. The van der Waals surface area contributed by atoms with Crippen LogP contribution in [0.1, 0.15) is 13.8 Å². The highest BCUT2D eigenvalue weighted by molar-refractivity contribution is 7.89. The van der Waals surface area contributed by atoms with E-state index in [0.29, 0.717) is 29.7 Å². The average molecular weight is 331 g/mol. The predicted molar refractivity (Wildman–Crippen MR) is 88.4 cm³/mol. The van der Waals surface area contributed by atoms with Gasteiger partial charge in [-0.15, -0.1) is 0 Å². The van der Waals surface area contributed by atoms with Gasteiger partial charge in [-0.2, -0.15) is 0 Å². The topological polar surface area (TPSA) is 70.7 Å². The molecule has 0 atom stereocenters. The van der Waals surface area contributed by atoms with Crippen molar-refractivity contribution in [1.82, 2.24) is 9.62 Å². The maximum atomic E-state index is 12.4. The first kappa shape index (κ1) is 17.7.